The third kappa shape index (κ3) is 4.74. The van der Waals surface area contributed by atoms with E-state index < -0.39 is 0 Å². The molecule has 0 atom stereocenters. The standard InChI is InChI=1S/C22H21ClN4O2S/c23-18-9-2-1-6-15(18)12-25-20(28)14-30-21-17-8-5-10-19(17)27(22(29)26-21)13-16-7-3-4-11-24-16/h1-4,6-7,9,11H,5,8,10,12-14H2,(H,25,28). The molecule has 30 heavy (non-hydrogen) atoms. The first-order valence-corrected chi connectivity index (χ1v) is 11.1. The number of carbonyl (C=O) groups excluding carboxylic acids is 1. The zero-order chi connectivity index (χ0) is 20.9. The van der Waals surface area contributed by atoms with Crippen molar-refractivity contribution in [2.45, 2.75) is 37.4 Å². The van der Waals surface area contributed by atoms with E-state index in [4.69, 9.17) is 11.6 Å². The van der Waals surface area contributed by atoms with Gasteiger partial charge in [-0.3, -0.25) is 14.3 Å². The number of aromatic nitrogens is 3. The summed E-state index contributed by atoms with van der Waals surface area (Å²) in [5.74, 6) is 0.0826. The van der Waals surface area contributed by atoms with E-state index in [0.29, 0.717) is 23.1 Å². The zero-order valence-corrected chi connectivity index (χ0v) is 17.9. The maximum atomic E-state index is 12.7. The molecule has 0 unspecified atom stereocenters. The number of hydrogen-bond acceptors (Lipinski definition) is 5. The number of nitrogens with one attached hydrogen (secondary N) is 1. The van der Waals surface area contributed by atoms with Crippen LogP contribution in [0.25, 0.3) is 0 Å². The third-order valence-corrected chi connectivity index (χ3v) is 6.41. The number of pyridine rings is 1. The van der Waals surface area contributed by atoms with Gasteiger partial charge in [0.2, 0.25) is 5.91 Å². The molecule has 0 aliphatic heterocycles. The van der Waals surface area contributed by atoms with Gasteiger partial charge in [-0.15, -0.1) is 0 Å². The van der Waals surface area contributed by atoms with Crippen molar-refractivity contribution < 1.29 is 4.79 Å². The predicted octanol–water partition coefficient (Wildman–Crippen LogP) is 3.24. The second-order valence-electron chi connectivity index (χ2n) is 7.04. The van der Waals surface area contributed by atoms with E-state index >= 15 is 0 Å². The quantitative estimate of drug-likeness (QED) is 0.451. The average Bonchev–Trinajstić information content (AvgIpc) is 3.25. The van der Waals surface area contributed by atoms with Gasteiger partial charge in [0, 0.05) is 29.0 Å². The minimum atomic E-state index is -0.291. The molecule has 1 N–H and O–H groups in total. The second-order valence-corrected chi connectivity index (χ2v) is 8.41. The van der Waals surface area contributed by atoms with Crippen LogP contribution < -0.4 is 11.0 Å². The highest BCUT2D eigenvalue weighted by atomic mass is 35.5. The fraction of sp³-hybridized carbons (Fsp3) is 0.273. The minimum absolute atomic E-state index is 0.119. The fourth-order valence-electron chi connectivity index (χ4n) is 3.54. The predicted molar refractivity (Wildman–Crippen MR) is 118 cm³/mol. The minimum Gasteiger partial charge on any atom is -0.351 e. The molecule has 1 aliphatic rings. The summed E-state index contributed by atoms with van der Waals surface area (Å²) in [5, 5.41) is 4.16. The van der Waals surface area contributed by atoms with Gasteiger partial charge in [-0.2, -0.15) is 4.98 Å². The molecule has 8 heteroatoms. The van der Waals surface area contributed by atoms with Gasteiger partial charge in [-0.25, -0.2) is 4.79 Å². The van der Waals surface area contributed by atoms with Crippen molar-refractivity contribution in [2.75, 3.05) is 5.75 Å². The molecule has 0 bridgehead atoms. The van der Waals surface area contributed by atoms with Gasteiger partial charge in [-0.05, 0) is 43.0 Å². The molecule has 0 saturated carbocycles. The van der Waals surface area contributed by atoms with Crippen LogP contribution in [0.3, 0.4) is 0 Å². The lowest BCUT2D eigenvalue weighted by molar-refractivity contribution is -0.118. The molecule has 2 aromatic heterocycles. The van der Waals surface area contributed by atoms with E-state index in [1.165, 1.54) is 11.8 Å². The first-order chi connectivity index (χ1) is 14.6. The summed E-state index contributed by atoms with van der Waals surface area (Å²) in [5.41, 5.74) is 3.50. The number of hydrogen-bond donors (Lipinski definition) is 1. The molecule has 0 fully saturated rings. The van der Waals surface area contributed by atoms with Gasteiger partial charge in [0.1, 0.15) is 5.03 Å². The van der Waals surface area contributed by atoms with Crippen LogP contribution in [0.15, 0.2) is 58.5 Å². The van der Waals surface area contributed by atoms with Gasteiger partial charge in [-0.1, -0.05) is 47.6 Å². The van der Waals surface area contributed by atoms with Crippen LogP contribution in [-0.2, 0) is 30.7 Å². The van der Waals surface area contributed by atoms with Crippen molar-refractivity contribution >= 4 is 29.3 Å². The lowest BCUT2D eigenvalue weighted by Gasteiger charge is -2.14. The molecule has 2 heterocycles. The van der Waals surface area contributed by atoms with Crippen LogP contribution in [0, 0.1) is 0 Å². The molecule has 0 spiro atoms. The molecule has 1 aromatic carbocycles. The van der Waals surface area contributed by atoms with E-state index in [9.17, 15) is 9.59 Å². The van der Waals surface area contributed by atoms with Gasteiger partial charge < -0.3 is 5.32 Å². The van der Waals surface area contributed by atoms with Gasteiger partial charge in [0.15, 0.2) is 0 Å². The Labute approximate surface area is 183 Å². The summed E-state index contributed by atoms with van der Waals surface area (Å²) in [4.78, 5) is 33.6. The Kier molecular flexibility index (Phi) is 6.50. The molecule has 1 aliphatic carbocycles. The van der Waals surface area contributed by atoms with E-state index in [1.54, 1.807) is 16.8 Å². The number of nitrogens with zero attached hydrogens (tertiary/aromatic N) is 3. The van der Waals surface area contributed by atoms with Gasteiger partial charge in [0.25, 0.3) is 0 Å². The second kappa shape index (κ2) is 9.45. The monoisotopic (exact) mass is 440 g/mol. The van der Waals surface area contributed by atoms with E-state index in [1.807, 2.05) is 36.4 Å². The average molecular weight is 441 g/mol. The van der Waals surface area contributed by atoms with E-state index in [0.717, 1.165) is 41.8 Å². The van der Waals surface area contributed by atoms with Gasteiger partial charge in [0.05, 0.1) is 18.0 Å². The van der Waals surface area contributed by atoms with Crippen molar-refractivity contribution in [1.82, 2.24) is 19.9 Å². The Hall–Kier alpha value is -2.64. The molecule has 1 amide bonds. The number of fused-ring (bicyclic) bond motifs is 1. The Morgan fingerprint density at radius 2 is 2.00 bits per heavy atom. The van der Waals surface area contributed by atoms with Crippen molar-refractivity contribution in [2.24, 2.45) is 0 Å². The molecule has 154 valence electrons. The van der Waals surface area contributed by atoms with Crippen LogP contribution >= 0.6 is 23.4 Å². The number of carbonyl (C=O) groups is 1. The van der Waals surface area contributed by atoms with Crippen molar-refractivity contribution in [3.8, 4) is 0 Å². The Bertz CT molecular complexity index is 1120. The summed E-state index contributed by atoms with van der Waals surface area (Å²) in [6, 6.07) is 13.1. The van der Waals surface area contributed by atoms with Crippen molar-refractivity contribution in [3.63, 3.8) is 0 Å². The SMILES string of the molecule is O=C(CSc1nc(=O)n(Cc2ccccn2)c2c1CCC2)NCc1ccccc1Cl. The first-order valence-electron chi connectivity index (χ1n) is 9.77. The molecule has 6 nitrogen and oxygen atoms in total. The van der Waals surface area contributed by atoms with Crippen LogP contribution in [0.2, 0.25) is 5.02 Å². The van der Waals surface area contributed by atoms with Gasteiger partial charge >= 0.3 is 5.69 Å². The summed E-state index contributed by atoms with van der Waals surface area (Å²) < 4.78 is 1.71. The number of thioether (sulfide) groups is 1. The summed E-state index contributed by atoms with van der Waals surface area (Å²) >= 11 is 7.44. The maximum Gasteiger partial charge on any atom is 0.349 e. The fourth-order valence-corrected chi connectivity index (χ4v) is 4.65. The maximum absolute atomic E-state index is 12.7. The highest BCUT2D eigenvalue weighted by molar-refractivity contribution is 7.99. The smallest absolute Gasteiger partial charge is 0.349 e. The number of halogens is 1. The normalized spacial score (nSPS) is 12.6. The number of rotatable bonds is 7. The Morgan fingerprint density at radius 1 is 1.17 bits per heavy atom. The van der Waals surface area contributed by atoms with E-state index in [2.05, 4.69) is 15.3 Å². The first kappa shape index (κ1) is 20.6. The van der Waals surface area contributed by atoms with Crippen LogP contribution in [0.5, 0.6) is 0 Å². The molecule has 4 rings (SSSR count). The molecule has 0 radical (unpaired) electrons. The van der Waals surface area contributed by atoms with Crippen LogP contribution in [0.1, 0.15) is 28.9 Å². The highest BCUT2D eigenvalue weighted by Crippen LogP contribution is 2.29. The molecule has 0 saturated heterocycles. The lowest BCUT2D eigenvalue weighted by atomic mass is 10.2. The largest absolute Gasteiger partial charge is 0.351 e. The molecular weight excluding hydrogens is 420 g/mol. The van der Waals surface area contributed by atoms with Crippen LogP contribution in [0.4, 0.5) is 0 Å². The Balaban J connectivity index is 1.44. The van der Waals surface area contributed by atoms with Crippen LogP contribution in [-0.4, -0.2) is 26.2 Å². The van der Waals surface area contributed by atoms with E-state index in [-0.39, 0.29) is 17.3 Å². The third-order valence-electron chi connectivity index (χ3n) is 5.02. The summed E-state index contributed by atoms with van der Waals surface area (Å²) in [6.07, 6.45) is 4.41. The molecule has 3 aromatic rings. The topological polar surface area (TPSA) is 76.9 Å². The summed E-state index contributed by atoms with van der Waals surface area (Å²) in [6.45, 7) is 0.786. The highest BCUT2D eigenvalue weighted by Gasteiger charge is 2.22. The van der Waals surface area contributed by atoms with Crippen molar-refractivity contribution in [3.05, 3.63) is 86.7 Å². The number of benzene rings is 1. The number of amides is 1. The van der Waals surface area contributed by atoms with Crippen molar-refractivity contribution in [1.29, 1.82) is 0 Å². The Morgan fingerprint density at radius 3 is 2.80 bits per heavy atom. The summed E-state index contributed by atoms with van der Waals surface area (Å²) in [7, 11) is 0. The lowest BCUT2D eigenvalue weighted by Crippen LogP contribution is -2.29. The zero-order valence-electron chi connectivity index (χ0n) is 16.3. The molecular formula is C22H21ClN4O2S.